The topological polar surface area (TPSA) is 459 Å². The van der Waals surface area contributed by atoms with Gasteiger partial charge in [0.2, 0.25) is 47.3 Å². The molecule has 0 aliphatic heterocycles. The van der Waals surface area contributed by atoms with Crippen molar-refractivity contribution in [3.8, 4) is 5.75 Å². The van der Waals surface area contributed by atoms with Crippen LogP contribution in [0.25, 0.3) is 0 Å². The number of aliphatic carboxylic acids is 1. The van der Waals surface area contributed by atoms with Crippen LogP contribution < -0.4 is 71.6 Å². The summed E-state index contributed by atoms with van der Waals surface area (Å²) in [6.07, 6.45) is -2.66. The molecule has 8 amide bonds. The van der Waals surface area contributed by atoms with Crippen LogP contribution in [0.4, 0.5) is 13.2 Å². The zero-order valence-electron chi connectivity index (χ0n) is 42.2. The number of carboxylic acids is 1. The van der Waals surface area contributed by atoms with Crippen molar-refractivity contribution in [1.82, 2.24) is 37.2 Å². The molecular formula is C46H70F3N15O11S. The fourth-order valence-corrected chi connectivity index (χ4v) is 6.98. The Balaban J connectivity index is 0.00000383. The molecule has 0 radical (unpaired) electrons. The van der Waals surface area contributed by atoms with Gasteiger partial charge in [0.1, 0.15) is 36.0 Å². The molecule has 0 spiro atoms. The van der Waals surface area contributed by atoms with E-state index in [1.807, 2.05) is 0 Å². The number of halogens is 3. The predicted octanol–water partition coefficient (Wildman–Crippen LogP) is -3.20. The molecular weight excluding hydrogens is 1030 g/mol. The van der Waals surface area contributed by atoms with Crippen molar-refractivity contribution in [2.24, 2.45) is 50.3 Å². The molecule has 2 aromatic rings. The molecule has 0 bridgehead atoms. The van der Waals surface area contributed by atoms with Crippen LogP contribution in [0.1, 0.15) is 57.1 Å². The number of aliphatic imine (C=N–C) groups is 2. The van der Waals surface area contributed by atoms with Gasteiger partial charge < -0.3 is 81.8 Å². The Morgan fingerprint density at radius 3 is 1.50 bits per heavy atom. The lowest BCUT2D eigenvalue weighted by Gasteiger charge is -2.27. The van der Waals surface area contributed by atoms with E-state index in [-0.39, 0.29) is 81.6 Å². The molecule has 21 N–H and O–H groups in total. The highest BCUT2D eigenvalue weighted by molar-refractivity contribution is 7.98. The Hall–Kier alpha value is -7.89. The van der Waals surface area contributed by atoms with Gasteiger partial charge in [-0.1, -0.05) is 56.3 Å². The van der Waals surface area contributed by atoms with Crippen LogP contribution in [0.3, 0.4) is 0 Å². The number of aromatic hydroxyl groups is 1. The summed E-state index contributed by atoms with van der Waals surface area (Å²) in [6, 6.07) is 7.75. The number of hydrogen-bond donors (Lipinski definition) is 15. The van der Waals surface area contributed by atoms with Gasteiger partial charge in [0.25, 0.3) is 0 Å². The van der Waals surface area contributed by atoms with E-state index in [4.69, 9.17) is 44.3 Å². The molecule has 30 heteroatoms. The SMILES string of the molecule is CSCC[C@H](NC(=O)[C@H](Cc1ccccc1)NC(=O)CNC(=O)CNC(=O)[C@@H](N)Cc1ccc(O)cc1)C(=O)N[C@@H](CCCN=C(N)N)C(=O)N[C@@H](CCCN=C(N)N)C(=O)N[C@H](C(N)=O)C(C)C.O=C(O)C(F)(F)F. The average Bonchev–Trinajstić information content (AvgIpc) is 3.34. The largest absolute Gasteiger partial charge is 0.508 e. The van der Waals surface area contributed by atoms with Gasteiger partial charge in [-0.2, -0.15) is 24.9 Å². The fraction of sp³-hybridized carbons (Fsp3) is 0.500. The molecule has 0 heterocycles. The van der Waals surface area contributed by atoms with Crippen molar-refractivity contribution < 1.29 is 66.5 Å². The number of phenolic OH excluding ortho intramolecular Hbond substituents is 1. The smallest absolute Gasteiger partial charge is 0.490 e. The third-order valence-corrected chi connectivity index (χ3v) is 11.1. The molecule has 2 aromatic carbocycles. The summed E-state index contributed by atoms with van der Waals surface area (Å²) >= 11 is 1.39. The predicted molar refractivity (Wildman–Crippen MR) is 276 cm³/mol. The monoisotopic (exact) mass is 1100 g/mol. The van der Waals surface area contributed by atoms with E-state index in [0.717, 1.165) is 0 Å². The highest BCUT2D eigenvalue weighted by Gasteiger charge is 2.38. The highest BCUT2D eigenvalue weighted by atomic mass is 32.2. The van der Waals surface area contributed by atoms with Gasteiger partial charge in [-0.25, -0.2) is 4.79 Å². The Morgan fingerprint density at radius 2 is 1.05 bits per heavy atom. The van der Waals surface area contributed by atoms with Gasteiger partial charge in [0, 0.05) is 19.5 Å². The summed E-state index contributed by atoms with van der Waals surface area (Å²) < 4.78 is 31.7. The maximum absolute atomic E-state index is 14.1. The first kappa shape index (κ1) is 66.1. The van der Waals surface area contributed by atoms with Crippen molar-refractivity contribution in [3.05, 3.63) is 65.7 Å². The van der Waals surface area contributed by atoms with Crippen LogP contribution in [-0.2, 0) is 56.0 Å². The van der Waals surface area contributed by atoms with Gasteiger partial charge in [-0.3, -0.25) is 48.3 Å². The van der Waals surface area contributed by atoms with Crippen LogP contribution in [0.2, 0.25) is 0 Å². The van der Waals surface area contributed by atoms with Crippen LogP contribution in [-0.4, -0.2) is 156 Å². The quantitative estimate of drug-likeness (QED) is 0.0201. The third-order valence-electron chi connectivity index (χ3n) is 10.4. The number of carboxylic acid groups (broad SMARTS) is 1. The zero-order valence-corrected chi connectivity index (χ0v) is 43.0. The number of guanidine groups is 2. The van der Waals surface area contributed by atoms with Crippen LogP contribution in [0.15, 0.2) is 64.6 Å². The van der Waals surface area contributed by atoms with Crippen molar-refractivity contribution in [1.29, 1.82) is 0 Å². The molecule has 26 nitrogen and oxygen atoms in total. The number of nitrogens with zero attached hydrogens (tertiary/aromatic N) is 2. The molecule has 0 aliphatic carbocycles. The number of carbonyl (C=O) groups is 9. The summed E-state index contributed by atoms with van der Waals surface area (Å²) in [7, 11) is 0. The Bertz CT molecular complexity index is 2290. The van der Waals surface area contributed by atoms with Gasteiger partial charge in [-0.05, 0) is 79.7 Å². The number of nitrogens with two attached hydrogens (primary N) is 6. The molecule has 0 saturated heterocycles. The number of primary amides is 1. The normalized spacial score (nSPS) is 13.2. The summed E-state index contributed by atoms with van der Waals surface area (Å²) in [5.74, 6) is -8.97. The van der Waals surface area contributed by atoms with Crippen molar-refractivity contribution in [2.45, 2.75) is 101 Å². The van der Waals surface area contributed by atoms with Crippen molar-refractivity contribution >= 4 is 76.9 Å². The standard InChI is InChI=1S/C44H69N15O9S.C2HF3O2/c1-25(2)36(37(46)63)59-41(67)31(12-8-19-52-44(49)50)57-39(65)30(11-7-18-51-43(47)48)56-40(66)32(17-20-69-3)58-42(68)33(22-26-9-5-4-6-10-26)55-35(62)24-53-34(61)23-54-38(64)29(45)21-27-13-15-28(60)16-14-27;3-2(4,5)1(6)7/h4-6,9-10,13-16,25,29-33,36,60H,7-8,11-12,17-24,45H2,1-3H3,(H2,46,63)(H,53,61)(H,54,64)(H,55,62)(H,56,66)(H,57,65)(H,58,68)(H,59,67)(H4,47,48,51)(H4,49,50,52);(H,6,7)/t29-,30-,31-,32-,33-,36-;/m0./s1. The summed E-state index contributed by atoms with van der Waals surface area (Å²) in [6.45, 7) is 2.49. The average molecular weight is 1100 g/mol. The highest BCUT2D eigenvalue weighted by Crippen LogP contribution is 2.14. The van der Waals surface area contributed by atoms with E-state index in [0.29, 0.717) is 16.9 Å². The minimum absolute atomic E-state index is 0.0193. The van der Waals surface area contributed by atoms with E-state index in [2.05, 4.69) is 47.2 Å². The van der Waals surface area contributed by atoms with Crippen LogP contribution in [0.5, 0.6) is 5.75 Å². The molecule has 422 valence electrons. The lowest BCUT2D eigenvalue weighted by molar-refractivity contribution is -0.192. The van der Waals surface area contributed by atoms with Crippen molar-refractivity contribution in [2.75, 3.05) is 38.2 Å². The number of nitrogens with one attached hydrogen (secondary N) is 7. The number of carbonyl (C=O) groups excluding carboxylic acids is 8. The first-order valence-corrected chi connectivity index (χ1v) is 24.9. The minimum atomic E-state index is -5.08. The molecule has 6 atom stereocenters. The van der Waals surface area contributed by atoms with Gasteiger partial charge in [0.15, 0.2) is 11.9 Å². The molecule has 0 unspecified atom stereocenters. The number of thioether (sulfide) groups is 1. The Morgan fingerprint density at radius 1 is 0.605 bits per heavy atom. The number of amides is 8. The Labute approximate surface area is 440 Å². The maximum Gasteiger partial charge on any atom is 0.490 e. The van der Waals surface area contributed by atoms with Gasteiger partial charge >= 0.3 is 12.1 Å². The second kappa shape index (κ2) is 34.6. The Kier molecular flexibility index (Phi) is 30.1. The van der Waals surface area contributed by atoms with E-state index in [1.165, 1.54) is 23.9 Å². The van der Waals surface area contributed by atoms with Crippen LogP contribution >= 0.6 is 11.8 Å². The summed E-state index contributed by atoms with van der Waals surface area (Å²) in [5.41, 5.74) is 34.7. The van der Waals surface area contributed by atoms with E-state index < -0.39 is 109 Å². The molecule has 2 rings (SSSR count). The molecule has 76 heavy (non-hydrogen) atoms. The molecule has 0 aliphatic rings. The first-order chi connectivity index (χ1) is 35.6. The number of hydrogen-bond acceptors (Lipinski definition) is 14. The summed E-state index contributed by atoms with van der Waals surface area (Å²) in [5, 5.41) is 34.7. The third kappa shape index (κ3) is 28.0. The molecule has 0 aromatic heterocycles. The van der Waals surface area contributed by atoms with E-state index >= 15 is 0 Å². The van der Waals surface area contributed by atoms with E-state index in [9.17, 15) is 56.6 Å². The fourth-order valence-electron chi connectivity index (χ4n) is 6.51. The zero-order chi connectivity index (χ0) is 57.5. The molecule has 0 saturated carbocycles. The lowest BCUT2D eigenvalue weighted by atomic mass is 10.0. The van der Waals surface area contributed by atoms with Gasteiger partial charge in [0.05, 0.1) is 19.1 Å². The van der Waals surface area contributed by atoms with Crippen molar-refractivity contribution in [3.63, 3.8) is 0 Å². The number of alkyl halides is 3. The first-order valence-electron chi connectivity index (χ1n) is 23.5. The second-order valence-corrected chi connectivity index (χ2v) is 18.1. The lowest BCUT2D eigenvalue weighted by Crippen LogP contribution is -2.59. The number of phenols is 1. The van der Waals surface area contributed by atoms with Gasteiger partial charge in [-0.15, -0.1) is 0 Å². The summed E-state index contributed by atoms with van der Waals surface area (Å²) in [4.78, 5) is 123. The molecule has 0 fully saturated rings. The number of rotatable bonds is 31. The van der Waals surface area contributed by atoms with Crippen LogP contribution in [0, 0.1) is 5.92 Å². The number of benzene rings is 2. The van der Waals surface area contributed by atoms with E-state index in [1.54, 1.807) is 62.6 Å². The second-order valence-electron chi connectivity index (χ2n) is 17.1. The minimum Gasteiger partial charge on any atom is -0.508 e. The maximum atomic E-state index is 14.1.